The summed E-state index contributed by atoms with van der Waals surface area (Å²) in [6.07, 6.45) is 35.7. The summed E-state index contributed by atoms with van der Waals surface area (Å²) < 4.78 is 23.1. The Morgan fingerprint density at radius 3 is 0.950 bits per heavy atom. The molecule has 0 aliphatic heterocycles. The second-order valence-corrected chi connectivity index (χ2v) is 17.9. The molecule has 0 saturated heterocycles. The van der Waals surface area contributed by atoms with Crippen LogP contribution in [-0.4, -0.2) is 74.3 Å². The lowest BCUT2D eigenvalue weighted by molar-refractivity contribution is -0.160. The van der Waals surface area contributed by atoms with Gasteiger partial charge in [0, 0.05) is 32.2 Å². The lowest BCUT2D eigenvalue weighted by Gasteiger charge is -2.21. The van der Waals surface area contributed by atoms with Gasteiger partial charge >= 0.3 is 23.9 Å². The number of hydrogen-bond donors (Lipinski definition) is 0. The van der Waals surface area contributed by atoms with Crippen molar-refractivity contribution in [1.29, 1.82) is 0 Å². The zero-order valence-electron chi connectivity index (χ0n) is 40.3. The molecule has 0 bridgehead atoms. The monoisotopic (exact) mass is 852 g/mol. The van der Waals surface area contributed by atoms with Crippen molar-refractivity contribution in [2.24, 2.45) is 0 Å². The van der Waals surface area contributed by atoms with Gasteiger partial charge in [0.1, 0.15) is 24.9 Å². The number of nitrogens with zero attached hydrogens (tertiary/aromatic N) is 1. The van der Waals surface area contributed by atoms with Gasteiger partial charge in [0.2, 0.25) is 0 Å². The first-order valence-electron chi connectivity index (χ1n) is 25.5. The van der Waals surface area contributed by atoms with Crippen LogP contribution in [0.3, 0.4) is 0 Å². The number of likely N-dealkylation sites (N-methyl/N-ethyl adjacent to an activating group) is 1. The van der Waals surface area contributed by atoms with E-state index >= 15 is 0 Å². The molecular formula is C51H97NO8. The number of carbonyl (C=O) groups is 4. The van der Waals surface area contributed by atoms with Gasteiger partial charge in [-0.2, -0.15) is 0 Å². The predicted molar refractivity (Wildman–Crippen MR) is 248 cm³/mol. The van der Waals surface area contributed by atoms with Crippen LogP contribution in [-0.2, 0) is 38.1 Å². The molecule has 0 rings (SSSR count). The summed E-state index contributed by atoms with van der Waals surface area (Å²) in [7, 11) is 3.80. The quantitative estimate of drug-likeness (QED) is 0.0336. The third-order valence-electron chi connectivity index (χ3n) is 11.4. The summed E-state index contributed by atoms with van der Waals surface area (Å²) in [5.74, 6) is -0.760. The molecule has 0 fully saturated rings. The van der Waals surface area contributed by atoms with Crippen LogP contribution in [0.2, 0.25) is 0 Å². The molecule has 354 valence electrons. The molecular weight excluding hydrogens is 755 g/mol. The highest BCUT2D eigenvalue weighted by Crippen LogP contribution is 2.20. The molecule has 0 aliphatic carbocycles. The topological polar surface area (TPSA) is 108 Å². The maximum absolute atomic E-state index is 12.7. The predicted octanol–water partition coefficient (Wildman–Crippen LogP) is 13.9. The Bertz CT molecular complexity index is 1000. The van der Waals surface area contributed by atoms with Gasteiger partial charge in [0.25, 0.3) is 0 Å². The molecule has 0 heterocycles. The van der Waals surface area contributed by atoms with Gasteiger partial charge in [-0.25, -0.2) is 0 Å². The summed E-state index contributed by atoms with van der Waals surface area (Å²) in [6, 6.07) is 0. The molecule has 0 spiro atoms. The van der Waals surface area contributed by atoms with E-state index in [9.17, 15) is 19.2 Å². The summed E-state index contributed by atoms with van der Waals surface area (Å²) in [5, 5.41) is 0. The molecule has 0 radical (unpaired) electrons. The molecule has 9 heteroatoms. The number of hydrogen-bond acceptors (Lipinski definition) is 9. The lowest BCUT2D eigenvalue weighted by atomic mass is 10.0. The molecule has 0 aromatic heterocycles. The molecule has 3 atom stereocenters. The van der Waals surface area contributed by atoms with Crippen LogP contribution in [0.25, 0.3) is 0 Å². The van der Waals surface area contributed by atoms with E-state index in [4.69, 9.17) is 18.9 Å². The average Bonchev–Trinajstić information content (AvgIpc) is 3.21. The molecule has 60 heavy (non-hydrogen) atoms. The number of esters is 4. The Hall–Kier alpha value is -2.16. The van der Waals surface area contributed by atoms with E-state index in [2.05, 4.69) is 27.7 Å². The highest BCUT2D eigenvalue weighted by Gasteiger charge is 2.19. The fourth-order valence-electron chi connectivity index (χ4n) is 7.73. The van der Waals surface area contributed by atoms with E-state index in [1.807, 2.05) is 19.0 Å². The van der Waals surface area contributed by atoms with Crippen LogP contribution in [0.15, 0.2) is 0 Å². The summed E-state index contributed by atoms with van der Waals surface area (Å²) in [5.41, 5.74) is 0. The van der Waals surface area contributed by atoms with Crippen molar-refractivity contribution in [1.82, 2.24) is 4.90 Å². The second kappa shape index (κ2) is 43.5. The van der Waals surface area contributed by atoms with Crippen molar-refractivity contribution in [3.8, 4) is 0 Å². The fourth-order valence-corrected chi connectivity index (χ4v) is 7.73. The van der Waals surface area contributed by atoms with E-state index in [-0.39, 0.29) is 42.7 Å². The Kier molecular flexibility index (Phi) is 41.9. The van der Waals surface area contributed by atoms with Gasteiger partial charge in [0.05, 0.1) is 0 Å². The van der Waals surface area contributed by atoms with E-state index in [0.29, 0.717) is 45.1 Å². The lowest BCUT2D eigenvalue weighted by Crippen LogP contribution is -2.34. The summed E-state index contributed by atoms with van der Waals surface area (Å²) in [6.45, 7) is 9.41. The second-order valence-electron chi connectivity index (χ2n) is 17.9. The first kappa shape index (κ1) is 57.8. The Morgan fingerprint density at radius 2 is 0.617 bits per heavy atom. The third-order valence-corrected chi connectivity index (χ3v) is 11.4. The van der Waals surface area contributed by atoms with Gasteiger partial charge < -0.3 is 23.8 Å². The molecule has 0 aromatic carbocycles. The van der Waals surface area contributed by atoms with Crippen molar-refractivity contribution in [2.75, 3.05) is 27.2 Å². The van der Waals surface area contributed by atoms with Crippen LogP contribution >= 0.6 is 0 Å². The normalized spacial score (nSPS) is 12.9. The van der Waals surface area contributed by atoms with Crippen LogP contribution in [0.4, 0.5) is 0 Å². The van der Waals surface area contributed by atoms with Gasteiger partial charge in [-0.15, -0.1) is 0 Å². The van der Waals surface area contributed by atoms with Gasteiger partial charge in [0.15, 0.2) is 0 Å². The van der Waals surface area contributed by atoms with Gasteiger partial charge in [-0.1, -0.05) is 156 Å². The molecule has 3 unspecified atom stereocenters. The molecule has 0 amide bonds. The number of ether oxygens (including phenoxy) is 4. The minimum atomic E-state index is -0.528. The Morgan fingerprint density at radius 1 is 0.350 bits per heavy atom. The largest absolute Gasteiger partial charge is 0.462 e. The first-order chi connectivity index (χ1) is 29.1. The van der Waals surface area contributed by atoms with Gasteiger partial charge in [-0.3, -0.25) is 19.2 Å². The van der Waals surface area contributed by atoms with Crippen LogP contribution in [0.1, 0.15) is 259 Å². The average molecular weight is 852 g/mol. The standard InChI is InChI=1S/C51H97NO8/c1-7-11-15-19-21-29-37-45(35-27-17-13-9-3)58-49(54)40-32-24-23-31-39-48(53)57-44-47(43-52(5)6)60-51(56)42-34-26-25-33-41-50(55)59-46(36-28-18-14-10-4)38-30-22-20-16-12-8-2/h45-47H,7-44H2,1-6H3. The molecule has 0 aliphatic rings. The zero-order chi connectivity index (χ0) is 44.3. The minimum absolute atomic E-state index is 0.0352. The van der Waals surface area contributed by atoms with Crippen LogP contribution in [0.5, 0.6) is 0 Å². The number of rotatable bonds is 45. The Balaban J connectivity index is 4.34. The van der Waals surface area contributed by atoms with Crippen molar-refractivity contribution >= 4 is 23.9 Å². The highest BCUT2D eigenvalue weighted by atomic mass is 16.6. The van der Waals surface area contributed by atoms with Crippen molar-refractivity contribution in [3.05, 3.63) is 0 Å². The smallest absolute Gasteiger partial charge is 0.306 e. The maximum atomic E-state index is 12.7. The van der Waals surface area contributed by atoms with E-state index < -0.39 is 6.10 Å². The van der Waals surface area contributed by atoms with E-state index in [1.54, 1.807) is 0 Å². The first-order valence-corrected chi connectivity index (χ1v) is 25.5. The SMILES string of the molecule is CCCCCCCCC(CCCCCC)OC(=O)CCCCCCC(=O)OCC(CN(C)C)OC(=O)CCCCCCC(=O)OC(CCCCCC)CCCCCCCC. The molecule has 0 saturated carbocycles. The molecule has 0 aromatic rings. The summed E-state index contributed by atoms with van der Waals surface area (Å²) >= 11 is 0. The van der Waals surface area contributed by atoms with E-state index in [1.165, 1.54) is 103 Å². The van der Waals surface area contributed by atoms with Crippen molar-refractivity contribution in [2.45, 2.75) is 277 Å². The maximum Gasteiger partial charge on any atom is 0.306 e. The third kappa shape index (κ3) is 39.9. The highest BCUT2D eigenvalue weighted by molar-refractivity contribution is 5.71. The van der Waals surface area contributed by atoms with Crippen molar-refractivity contribution in [3.63, 3.8) is 0 Å². The summed E-state index contributed by atoms with van der Waals surface area (Å²) in [4.78, 5) is 52.4. The Labute approximate surface area is 370 Å². The zero-order valence-corrected chi connectivity index (χ0v) is 40.3. The number of unbranched alkanes of at least 4 members (excludes halogenated alkanes) is 22. The molecule has 9 nitrogen and oxygen atoms in total. The molecule has 0 N–H and O–H groups in total. The van der Waals surface area contributed by atoms with Crippen LogP contribution < -0.4 is 0 Å². The van der Waals surface area contributed by atoms with E-state index in [0.717, 1.165) is 89.9 Å². The fraction of sp³-hybridized carbons (Fsp3) is 0.922. The number of carbonyl (C=O) groups excluding carboxylic acids is 4. The van der Waals surface area contributed by atoms with Crippen LogP contribution in [0, 0.1) is 0 Å². The van der Waals surface area contributed by atoms with Gasteiger partial charge in [-0.05, 0) is 91.1 Å². The van der Waals surface area contributed by atoms with Crippen molar-refractivity contribution < 1.29 is 38.1 Å². The minimum Gasteiger partial charge on any atom is -0.462 e.